The van der Waals surface area contributed by atoms with E-state index in [1.165, 1.54) is 0 Å². The summed E-state index contributed by atoms with van der Waals surface area (Å²) in [6, 6.07) is 0. The van der Waals surface area contributed by atoms with Crippen molar-refractivity contribution in [3.63, 3.8) is 0 Å². The zero-order chi connectivity index (χ0) is 49.6. The predicted molar refractivity (Wildman–Crippen MR) is 199 cm³/mol. The highest BCUT2D eigenvalue weighted by molar-refractivity contribution is 5.05. The van der Waals surface area contributed by atoms with Gasteiger partial charge in [-0.25, -0.2) is 0 Å². The molecule has 67 heavy (non-hydrogen) atoms. The Morgan fingerprint density at radius 2 is 0.612 bits per heavy atom. The van der Waals surface area contributed by atoms with E-state index in [1.807, 2.05) is 0 Å². The van der Waals surface area contributed by atoms with Crippen LogP contribution in [0.2, 0.25) is 0 Å². The van der Waals surface area contributed by atoms with Crippen LogP contribution in [0, 0.1) is 0 Å². The van der Waals surface area contributed by atoms with Gasteiger partial charge in [-0.2, -0.15) is 0 Å². The monoisotopic (exact) mass is 990 g/mol. The van der Waals surface area contributed by atoms with E-state index in [-0.39, 0.29) is 0 Å². The summed E-state index contributed by atoms with van der Waals surface area (Å²) in [5.74, 6) is -13.4. The van der Waals surface area contributed by atoms with Crippen molar-refractivity contribution in [1.29, 1.82) is 0 Å². The molecule has 0 aromatic rings. The van der Waals surface area contributed by atoms with Crippen LogP contribution in [-0.2, 0) is 52.1 Å². The maximum Gasteiger partial charge on any atom is 0.224 e. The first-order chi connectivity index (χ1) is 31.6. The summed E-state index contributed by atoms with van der Waals surface area (Å²) in [6.07, 6.45) is -39.6. The van der Waals surface area contributed by atoms with E-state index in [0.717, 1.165) is 0 Å². The smallest absolute Gasteiger partial charge is 0.224 e. The molecule has 31 heteroatoms. The number of ether oxygens (including phenoxy) is 11. The Balaban J connectivity index is 1.26. The minimum Gasteiger partial charge on any atom is -0.394 e. The lowest BCUT2D eigenvalue weighted by molar-refractivity contribution is -0.408. The van der Waals surface area contributed by atoms with Gasteiger partial charge in [0.25, 0.3) is 0 Å². The zero-order valence-corrected chi connectivity index (χ0v) is 35.3. The second-order valence-electron chi connectivity index (χ2n) is 17.1. The average molecular weight is 991 g/mol. The normalized spacial score (nSPS) is 52.5. The Morgan fingerprint density at radius 1 is 0.313 bits per heavy atom. The van der Waals surface area contributed by atoms with Crippen molar-refractivity contribution in [2.24, 2.45) is 0 Å². The number of hydrogen-bond acceptors (Lipinski definition) is 31. The lowest BCUT2D eigenvalue weighted by Crippen LogP contribution is -2.64. The summed E-state index contributed by atoms with van der Waals surface area (Å²) in [7, 11) is 0. The molecule has 0 aliphatic carbocycles. The third-order valence-electron chi connectivity index (χ3n) is 12.9. The van der Waals surface area contributed by atoms with Crippen molar-refractivity contribution in [3.05, 3.63) is 0 Å². The molecule has 0 saturated carbocycles. The molecule has 6 saturated heterocycles. The fraction of sp³-hybridized carbons (Fsp3) is 1.00. The topological polar surface area (TPSA) is 506 Å². The molecule has 6 aliphatic rings. The summed E-state index contributed by atoms with van der Waals surface area (Å²) in [6.45, 7) is -11.8. The molecule has 20 N–H and O–H groups in total. The molecular formula is C36H62O31. The van der Waals surface area contributed by atoms with Crippen LogP contribution < -0.4 is 0 Å². The number of aliphatic hydroxyl groups excluding tert-OH is 20. The highest BCUT2D eigenvalue weighted by Gasteiger charge is 2.65. The van der Waals surface area contributed by atoms with Gasteiger partial charge in [-0.05, 0) is 0 Å². The van der Waals surface area contributed by atoms with Crippen LogP contribution in [-0.4, -0.2) is 326 Å². The van der Waals surface area contributed by atoms with Crippen LogP contribution in [0.15, 0.2) is 0 Å². The van der Waals surface area contributed by atoms with Crippen molar-refractivity contribution in [1.82, 2.24) is 0 Å². The minimum atomic E-state index is -2.92. The Morgan fingerprint density at radius 3 is 0.970 bits per heavy atom. The SMILES string of the molecule is OCC1OC(CO)(OCC2(OCC3OC(OC4(COC5(COC6(CO)OC(CO)C(O)C6O)OC(CO)C(O)C5O)OC(CO)C(O)C4O)C(O)C(O)C3O)OC(CO)C(O)C2O)C(O)C1O. The van der Waals surface area contributed by atoms with Gasteiger partial charge in [-0.1, -0.05) is 0 Å². The Labute approximate surface area is 378 Å². The number of rotatable bonds is 21. The molecule has 6 fully saturated rings. The van der Waals surface area contributed by atoms with E-state index in [4.69, 9.17) is 52.1 Å². The van der Waals surface area contributed by atoms with Crippen LogP contribution >= 0.6 is 0 Å². The van der Waals surface area contributed by atoms with Crippen molar-refractivity contribution in [3.8, 4) is 0 Å². The molecule has 6 rings (SSSR count). The molecule has 6 aliphatic heterocycles. The van der Waals surface area contributed by atoms with Crippen LogP contribution in [0.1, 0.15) is 0 Å². The van der Waals surface area contributed by atoms with Gasteiger partial charge in [0.05, 0.1) is 39.6 Å². The molecule has 0 aromatic heterocycles. The summed E-state index contributed by atoms with van der Waals surface area (Å²) < 4.78 is 62.0. The first-order valence-electron chi connectivity index (χ1n) is 21.0. The summed E-state index contributed by atoms with van der Waals surface area (Å²) >= 11 is 0. The third-order valence-corrected chi connectivity index (χ3v) is 12.9. The highest BCUT2D eigenvalue weighted by atomic mass is 16.8. The minimum absolute atomic E-state index is 0.860. The Kier molecular flexibility index (Phi) is 17.6. The van der Waals surface area contributed by atoms with Gasteiger partial charge in [0, 0.05) is 0 Å². The molecule has 25 unspecified atom stereocenters. The second-order valence-corrected chi connectivity index (χ2v) is 17.1. The standard InChI is InChI=1S/C36H62O31/c37-1-12-19(45)26(52)32(7-42,62-12)58-9-34(28(54)21(47)14(3-39)64-34)57-6-17-18(44)24(50)25(51)31(61-17)67-36(30(56)23(49)16(5-41)66-36)11-60-35(29(55)22(48)15(4-40)65-35)10-59-33(8-43)27(53)20(46)13(2-38)63-33/h12-31,37-56H,1-11H2. The first kappa shape index (κ1) is 55.1. The van der Waals surface area contributed by atoms with E-state index < -0.39 is 224 Å². The molecule has 0 radical (unpaired) electrons. The quantitative estimate of drug-likeness (QED) is 0.0508. The predicted octanol–water partition coefficient (Wildman–Crippen LogP) is -14.1. The van der Waals surface area contributed by atoms with E-state index in [9.17, 15) is 102 Å². The van der Waals surface area contributed by atoms with Gasteiger partial charge < -0.3 is 154 Å². The molecule has 0 aromatic carbocycles. The summed E-state index contributed by atoms with van der Waals surface area (Å²) in [4.78, 5) is 0. The first-order valence-corrected chi connectivity index (χ1v) is 21.0. The summed E-state index contributed by atoms with van der Waals surface area (Å²) in [5.41, 5.74) is 0. The van der Waals surface area contributed by atoms with Gasteiger partial charge in [-0.3, -0.25) is 0 Å². The maximum absolute atomic E-state index is 11.4. The molecule has 31 nitrogen and oxygen atoms in total. The maximum atomic E-state index is 11.4. The molecular weight excluding hydrogens is 928 g/mol. The van der Waals surface area contributed by atoms with Gasteiger partial charge in [0.1, 0.15) is 149 Å². The third kappa shape index (κ3) is 9.75. The van der Waals surface area contributed by atoms with Crippen molar-refractivity contribution in [2.45, 2.75) is 151 Å². The van der Waals surface area contributed by atoms with Crippen molar-refractivity contribution < 1.29 is 154 Å². The van der Waals surface area contributed by atoms with Gasteiger partial charge in [-0.15, -0.1) is 0 Å². The Bertz CT molecular complexity index is 1590. The molecule has 25 atom stereocenters. The molecule has 0 spiro atoms. The van der Waals surface area contributed by atoms with Crippen LogP contribution in [0.25, 0.3) is 0 Å². The van der Waals surface area contributed by atoms with E-state index in [1.54, 1.807) is 0 Å². The lowest BCUT2D eigenvalue weighted by Gasteiger charge is -2.45. The zero-order valence-electron chi connectivity index (χ0n) is 35.3. The fourth-order valence-corrected chi connectivity index (χ4v) is 8.67. The van der Waals surface area contributed by atoms with Gasteiger partial charge in [0.2, 0.25) is 28.9 Å². The largest absolute Gasteiger partial charge is 0.394 e. The highest BCUT2D eigenvalue weighted by Crippen LogP contribution is 2.43. The second kappa shape index (κ2) is 21.5. The van der Waals surface area contributed by atoms with Gasteiger partial charge in [0.15, 0.2) is 6.29 Å². The van der Waals surface area contributed by atoms with Crippen molar-refractivity contribution >= 4 is 0 Å². The van der Waals surface area contributed by atoms with E-state index in [2.05, 4.69) is 0 Å². The lowest BCUT2D eigenvalue weighted by atomic mass is 9.98. The van der Waals surface area contributed by atoms with Crippen LogP contribution in [0.3, 0.4) is 0 Å². The Hall–Kier alpha value is -1.24. The van der Waals surface area contributed by atoms with Crippen molar-refractivity contribution in [2.75, 3.05) is 72.7 Å². The van der Waals surface area contributed by atoms with E-state index >= 15 is 0 Å². The van der Waals surface area contributed by atoms with Gasteiger partial charge >= 0.3 is 0 Å². The molecule has 392 valence electrons. The van der Waals surface area contributed by atoms with Crippen LogP contribution in [0.5, 0.6) is 0 Å². The molecule has 0 amide bonds. The van der Waals surface area contributed by atoms with E-state index in [0.29, 0.717) is 0 Å². The van der Waals surface area contributed by atoms with Crippen LogP contribution in [0.4, 0.5) is 0 Å². The average Bonchev–Trinajstić information content (AvgIpc) is 4.00. The fourth-order valence-electron chi connectivity index (χ4n) is 8.67. The number of hydrogen-bond donors (Lipinski definition) is 20. The molecule has 0 bridgehead atoms. The molecule has 6 heterocycles. The summed E-state index contributed by atoms with van der Waals surface area (Å²) in [5, 5.41) is 211. The number of aliphatic hydroxyl groups is 20.